The molecule has 1 fully saturated rings. The highest BCUT2D eigenvalue weighted by molar-refractivity contribution is 5.70. The summed E-state index contributed by atoms with van der Waals surface area (Å²) in [5.41, 5.74) is 1.82. The first-order valence-electron chi connectivity index (χ1n) is 7.85. The smallest absolute Gasteiger partial charge is 0.307 e. The van der Waals surface area contributed by atoms with Crippen LogP contribution in [0.3, 0.4) is 0 Å². The fourth-order valence-corrected chi connectivity index (χ4v) is 2.92. The number of aryl methyl sites for hydroxylation is 1. The van der Waals surface area contributed by atoms with Crippen molar-refractivity contribution in [3.05, 3.63) is 47.8 Å². The molecule has 2 aromatic rings. The van der Waals surface area contributed by atoms with Crippen LogP contribution in [-0.2, 0) is 24.8 Å². The lowest BCUT2D eigenvalue weighted by atomic mass is 10.1. The molecule has 1 aliphatic rings. The van der Waals surface area contributed by atoms with Gasteiger partial charge in [-0.15, -0.1) is 0 Å². The molecule has 0 unspecified atom stereocenters. The van der Waals surface area contributed by atoms with Crippen LogP contribution in [0, 0.1) is 0 Å². The third kappa shape index (κ3) is 4.12. The lowest BCUT2D eigenvalue weighted by Crippen LogP contribution is -2.29. The number of hydrogen-bond donors (Lipinski definition) is 2. The molecule has 3 rings (SSSR count). The standard InChI is InChI=1S/C17H21N3O4/c1-19-8-13(7-18-19)9-20-10-15(21)16(11-20)24-14-4-2-12(3-5-14)6-17(22)23/h2-5,7-8,15-16,21H,6,9-11H2,1H3,(H,22,23)/t15-,16-/m1/s1. The number of ether oxygens (including phenoxy) is 1. The minimum atomic E-state index is -0.860. The molecule has 24 heavy (non-hydrogen) atoms. The molecular weight excluding hydrogens is 310 g/mol. The largest absolute Gasteiger partial charge is 0.486 e. The van der Waals surface area contributed by atoms with E-state index in [1.54, 1.807) is 28.9 Å². The number of aromatic nitrogens is 2. The van der Waals surface area contributed by atoms with E-state index in [0.717, 1.165) is 17.7 Å². The van der Waals surface area contributed by atoms with Crippen molar-refractivity contribution in [3.63, 3.8) is 0 Å². The topological polar surface area (TPSA) is 87.8 Å². The normalized spacial score (nSPS) is 21.1. The molecule has 0 radical (unpaired) electrons. The van der Waals surface area contributed by atoms with Crippen molar-refractivity contribution in [3.8, 4) is 5.75 Å². The number of benzene rings is 1. The van der Waals surface area contributed by atoms with Crippen molar-refractivity contribution in [1.29, 1.82) is 0 Å². The van der Waals surface area contributed by atoms with Gasteiger partial charge < -0.3 is 14.9 Å². The number of rotatable bonds is 6. The van der Waals surface area contributed by atoms with Crippen molar-refractivity contribution in [2.24, 2.45) is 7.05 Å². The molecule has 1 saturated heterocycles. The third-order valence-corrected chi connectivity index (χ3v) is 4.04. The average Bonchev–Trinajstić information content (AvgIpc) is 3.07. The zero-order chi connectivity index (χ0) is 17.1. The van der Waals surface area contributed by atoms with E-state index in [2.05, 4.69) is 10.00 Å². The molecule has 0 saturated carbocycles. The Morgan fingerprint density at radius 3 is 2.67 bits per heavy atom. The summed E-state index contributed by atoms with van der Waals surface area (Å²) in [6.07, 6.45) is 2.92. The minimum Gasteiger partial charge on any atom is -0.486 e. The first-order valence-corrected chi connectivity index (χ1v) is 7.85. The number of nitrogens with zero attached hydrogens (tertiary/aromatic N) is 3. The van der Waals surface area contributed by atoms with Crippen molar-refractivity contribution >= 4 is 5.97 Å². The molecule has 0 amide bonds. The summed E-state index contributed by atoms with van der Waals surface area (Å²) >= 11 is 0. The second kappa shape index (κ2) is 7.02. The van der Waals surface area contributed by atoms with E-state index in [-0.39, 0.29) is 12.5 Å². The predicted molar refractivity (Wildman–Crippen MR) is 86.7 cm³/mol. The molecule has 0 bridgehead atoms. The SMILES string of the molecule is Cn1cc(CN2C[C@@H](O)[C@H](Oc3ccc(CC(=O)O)cc3)C2)cn1. The second-order valence-corrected chi connectivity index (χ2v) is 6.15. The highest BCUT2D eigenvalue weighted by Crippen LogP contribution is 2.21. The van der Waals surface area contributed by atoms with Gasteiger partial charge in [-0.1, -0.05) is 12.1 Å². The lowest BCUT2D eigenvalue weighted by molar-refractivity contribution is -0.136. The number of carboxylic acid groups (broad SMARTS) is 1. The number of likely N-dealkylation sites (tertiary alicyclic amines) is 1. The monoisotopic (exact) mass is 331 g/mol. The number of aliphatic hydroxyl groups is 1. The van der Waals surface area contributed by atoms with Gasteiger partial charge in [0.25, 0.3) is 0 Å². The van der Waals surface area contributed by atoms with Gasteiger partial charge in [0.1, 0.15) is 18.0 Å². The number of hydrogen-bond acceptors (Lipinski definition) is 5. The number of aliphatic hydroxyl groups excluding tert-OH is 1. The van der Waals surface area contributed by atoms with Crippen LogP contribution in [0.5, 0.6) is 5.75 Å². The van der Waals surface area contributed by atoms with Crippen LogP contribution < -0.4 is 4.74 Å². The molecule has 0 aliphatic carbocycles. The summed E-state index contributed by atoms with van der Waals surface area (Å²) in [7, 11) is 1.88. The van der Waals surface area contributed by atoms with E-state index in [4.69, 9.17) is 9.84 Å². The lowest BCUT2D eigenvalue weighted by Gasteiger charge is -2.17. The van der Waals surface area contributed by atoms with Gasteiger partial charge in [0.05, 0.1) is 12.6 Å². The first kappa shape index (κ1) is 16.5. The Morgan fingerprint density at radius 2 is 2.04 bits per heavy atom. The summed E-state index contributed by atoms with van der Waals surface area (Å²) in [5, 5.41) is 23.1. The Balaban J connectivity index is 1.56. The van der Waals surface area contributed by atoms with Gasteiger partial charge in [0.15, 0.2) is 0 Å². The van der Waals surface area contributed by atoms with Crippen LogP contribution in [0.15, 0.2) is 36.7 Å². The maximum atomic E-state index is 10.7. The number of carbonyl (C=O) groups is 1. The Hall–Kier alpha value is -2.38. The number of carboxylic acids is 1. The van der Waals surface area contributed by atoms with Gasteiger partial charge in [0, 0.05) is 38.4 Å². The quantitative estimate of drug-likeness (QED) is 0.809. The van der Waals surface area contributed by atoms with E-state index in [1.165, 1.54) is 0 Å². The Labute approximate surface area is 140 Å². The molecule has 2 N–H and O–H groups in total. The molecule has 128 valence electrons. The Bertz CT molecular complexity index is 698. The zero-order valence-electron chi connectivity index (χ0n) is 13.5. The summed E-state index contributed by atoms with van der Waals surface area (Å²) in [5.74, 6) is -0.225. The number of aliphatic carboxylic acids is 1. The maximum Gasteiger partial charge on any atom is 0.307 e. The van der Waals surface area contributed by atoms with Gasteiger partial charge in [-0.25, -0.2) is 0 Å². The fourth-order valence-electron chi connectivity index (χ4n) is 2.92. The van der Waals surface area contributed by atoms with Gasteiger partial charge >= 0.3 is 5.97 Å². The van der Waals surface area contributed by atoms with E-state index in [0.29, 0.717) is 18.8 Å². The van der Waals surface area contributed by atoms with Crippen molar-refractivity contribution < 1.29 is 19.7 Å². The van der Waals surface area contributed by atoms with Crippen LogP contribution in [0.1, 0.15) is 11.1 Å². The molecule has 0 spiro atoms. The molecule has 7 nitrogen and oxygen atoms in total. The van der Waals surface area contributed by atoms with E-state index < -0.39 is 12.1 Å². The second-order valence-electron chi connectivity index (χ2n) is 6.15. The molecule has 1 aromatic carbocycles. The van der Waals surface area contributed by atoms with Crippen LogP contribution in [0.4, 0.5) is 0 Å². The van der Waals surface area contributed by atoms with Crippen molar-refractivity contribution in [1.82, 2.24) is 14.7 Å². The van der Waals surface area contributed by atoms with Crippen LogP contribution in [-0.4, -0.2) is 56.2 Å². The highest BCUT2D eigenvalue weighted by Gasteiger charge is 2.33. The average molecular weight is 331 g/mol. The van der Waals surface area contributed by atoms with Gasteiger partial charge in [-0.2, -0.15) is 5.10 Å². The summed E-state index contributed by atoms with van der Waals surface area (Å²) < 4.78 is 7.62. The van der Waals surface area contributed by atoms with Crippen molar-refractivity contribution in [2.45, 2.75) is 25.2 Å². The van der Waals surface area contributed by atoms with Crippen LogP contribution >= 0.6 is 0 Å². The van der Waals surface area contributed by atoms with E-state index in [9.17, 15) is 9.90 Å². The molecule has 2 heterocycles. The first-order chi connectivity index (χ1) is 11.5. The molecule has 1 aromatic heterocycles. The fraction of sp³-hybridized carbons (Fsp3) is 0.412. The van der Waals surface area contributed by atoms with Crippen LogP contribution in [0.25, 0.3) is 0 Å². The van der Waals surface area contributed by atoms with Gasteiger partial charge in [-0.05, 0) is 17.7 Å². The zero-order valence-corrected chi connectivity index (χ0v) is 13.5. The minimum absolute atomic E-state index is 0.00871. The van der Waals surface area contributed by atoms with Gasteiger partial charge in [0.2, 0.25) is 0 Å². The molecule has 1 aliphatic heterocycles. The summed E-state index contributed by atoms with van der Waals surface area (Å²) in [6.45, 7) is 1.91. The van der Waals surface area contributed by atoms with Gasteiger partial charge in [-0.3, -0.25) is 14.4 Å². The Morgan fingerprint density at radius 1 is 1.29 bits per heavy atom. The highest BCUT2D eigenvalue weighted by atomic mass is 16.5. The summed E-state index contributed by atoms with van der Waals surface area (Å²) in [6, 6.07) is 6.96. The van der Waals surface area contributed by atoms with E-state index >= 15 is 0 Å². The van der Waals surface area contributed by atoms with Crippen LogP contribution in [0.2, 0.25) is 0 Å². The number of β-amino-alcohol motifs (C(OH)–C–C–N with tert-alkyl or cyclic N) is 1. The molecular formula is C17H21N3O4. The summed E-state index contributed by atoms with van der Waals surface area (Å²) in [4.78, 5) is 12.8. The maximum absolute atomic E-state index is 10.7. The third-order valence-electron chi connectivity index (χ3n) is 4.04. The Kier molecular flexibility index (Phi) is 4.82. The molecule has 2 atom stereocenters. The predicted octanol–water partition coefficient (Wildman–Crippen LogP) is 0.671. The van der Waals surface area contributed by atoms with E-state index in [1.807, 2.05) is 19.4 Å². The molecule has 7 heteroatoms. The van der Waals surface area contributed by atoms with Crippen molar-refractivity contribution in [2.75, 3.05) is 13.1 Å².